The second-order valence-corrected chi connectivity index (χ2v) is 4.50. The van der Waals surface area contributed by atoms with E-state index in [-0.39, 0.29) is 11.9 Å². The van der Waals surface area contributed by atoms with Gasteiger partial charge in [0.1, 0.15) is 5.82 Å². The SMILES string of the molecule is C[C@@H](NCc1c(F)cccc1Cl)c1cccnc1. The molecule has 1 aromatic carbocycles. The molecular formula is C14H14ClFN2. The van der Waals surface area contributed by atoms with Gasteiger partial charge in [-0.25, -0.2) is 4.39 Å². The first-order valence-electron chi connectivity index (χ1n) is 5.74. The summed E-state index contributed by atoms with van der Waals surface area (Å²) < 4.78 is 13.6. The second kappa shape index (κ2) is 5.94. The molecule has 1 N–H and O–H groups in total. The number of halogens is 2. The Morgan fingerprint density at radius 3 is 2.83 bits per heavy atom. The first-order chi connectivity index (χ1) is 8.68. The van der Waals surface area contributed by atoms with Crippen molar-refractivity contribution in [3.8, 4) is 0 Å². The highest BCUT2D eigenvalue weighted by Crippen LogP contribution is 2.20. The van der Waals surface area contributed by atoms with Crippen molar-refractivity contribution in [3.05, 3.63) is 64.7 Å². The molecule has 2 rings (SSSR count). The van der Waals surface area contributed by atoms with Crippen LogP contribution in [0, 0.1) is 5.82 Å². The molecule has 1 aromatic heterocycles. The van der Waals surface area contributed by atoms with Crippen LogP contribution in [-0.4, -0.2) is 4.98 Å². The van der Waals surface area contributed by atoms with Crippen LogP contribution in [-0.2, 0) is 6.54 Å². The molecule has 0 aliphatic carbocycles. The van der Waals surface area contributed by atoms with Crippen LogP contribution in [0.4, 0.5) is 4.39 Å². The van der Waals surface area contributed by atoms with Gasteiger partial charge in [-0.15, -0.1) is 0 Å². The van der Waals surface area contributed by atoms with Crippen LogP contribution in [0.5, 0.6) is 0 Å². The molecule has 0 bridgehead atoms. The summed E-state index contributed by atoms with van der Waals surface area (Å²) >= 11 is 5.97. The van der Waals surface area contributed by atoms with Crippen LogP contribution in [0.2, 0.25) is 5.02 Å². The minimum absolute atomic E-state index is 0.0920. The van der Waals surface area contributed by atoms with Crippen molar-refractivity contribution in [1.29, 1.82) is 0 Å². The molecule has 0 saturated heterocycles. The summed E-state index contributed by atoms with van der Waals surface area (Å²) in [5.41, 5.74) is 1.56. The second-order valence-electron chi connectivity index (χ2n) is 4.09. The number of pyridine rings is 1. The minimum Gasteiger partial charge on any atom is -0.306 e. The predicted molar refractivity (Wildman–Crippen MR) is 70.9 cm³/mol. The molecule has 0 spiro atoms. The Morgan fingerprint density at radius 1 is 1.33 bits per heavy atom. The Hall–Kier alpha value is -1.45. The number of rotatable bonds is 4. The fourth-order valence-corrected chi connectivity index (χ4v) is 1.94. The summed E-state index contributed by atoms with van der Waals surface area (Å²) in [5.74, 6) is -0.284. The van der Waals surface area contributed by atoms with Crippen LogP contribution < -0.4 is 5.32 Å². The first-order valence-corrected chi connectivity index (χ1v) is 6.12. The van der Waals surface area contributed by atoms with Gasteiger partial charge in [0.2, 0.25) is 0 Å². The van der Waals surface area contributed by atoms with E-state index in [2.05, 4.69) is 10.3 Å². The maximum Gasteiger partial charge on any atom is 0.129 e. The molecule has 0 aliphatic heterocycles. The van der Waals surface area contributed by atoms with Crippen molar-refractivity contribution in [1.82, 2.24) is 10.3 Å². The Bertz CT molecular complexity index is 496. The fraction of sp³-hybridized carbons (Fsp3) is 0.214. The van der Waals surface area contributed by atoms with Crippen molar-refractivity contribution >= 4 is 11.6 Å². The van der Waals surface area contributed by atoms with Gasteiger partial charge in [-0.2, -0.15) is 0 Å². The summed E-state index contributed by atoms with van der Waals surface area (Å²) in [6.07, 6.45) is 3.52. The van der Waals surface area contributed by atoms with Crippen molar-refractivity contribution in [2.75, 3.05) is 0 Å². The zero-order valence-electron chi connectivity index (χ0n) is 10.0. The van der Waals surface area contributed by atoms with E-state index >= 15 is 0 Å². The van der Waals surface area contributed by atoms with E-state index in [9.17, 15) is 4.39 Å². The van der Waals surface area contributed by atoms with Crippen molar-refractivity contribution in [2.45, 2.75) is 19.5 Å². The lowest BCUT2D eigenvalue weighted by atomic mass is 10.1. The third-order valence-electron chi connectivity index (χ3n) is 2.83. The normalized spacial score (nSPS) is 12.4. The largest absolute Gasteiger partial charge is 0.306 e. The highest BCUT2D eigenvalue weighted by molar-refractivity contribution is 6.31. The Kier molecular flexibility index (Phi) is 4.28. The fourth-order valence-electron chi connectivity index (χ4n) is 1.71. The molecule has 18 heavy (non-hydrogen) atoms. The lowest BCUT2D eigenvalue weighted by Gasteiger charge is -2.14. The summed E-state index contributed by atoms with van der Waals surface area (Å²) in [4.78, 5) is 4.06. The standard InChI is InChI=1S/C14H14ClFN2/c1-10(11-4-3-7-17-8-11)18-9-12-13(15)5-2-6-14(12)16/h2-8,10,18H,9H2,1H3/t10-/m1/s1. The topological polar surface area (TPSA) is 24.9 Å². The van der Waals surface area contributed by atoms with E-state index in [0.29, 0.717) is 17.1 Å². The molecule has 1 heterocycles. The number of benzene rings is 1. The van der Waals surface area contributed by atoms with Gasteiger partial charge in [0.15, 0.2) is 0 Å². The number of nitrogens with zero attached hydrogens (tertiary/aromatic N) is 1. The van der Waals surface area contributed by atoms with Crippen molar-refractivity contribution in [2.24, 2.45) is 0 Å². The highest BCUT2D eigenvalue weighted by Gasteiger charge is 2.09. The average Bonchev–Trinajstić information content (AvgIpc) is 2.39. The Labute approximate surface area is 111 Å². The predicted octanol–water partition coefficient (Wildman–Crippen LogP) is 3.72. The summed E-state index contributed by atoms with van der Waals surface area (Å²) in [6.45, 7) is 2.40. The summed E-state index contributed by atoms with van der Waals surface area (Å²) in [6, 6.07) is 8.66. The van der Waals surface area contributed by atoms with Crippen LogP contribution in [0.3, 0.4) is 0 Å². The number of hydrogen-bond donors (Lipinski definition) is 1. The maximum absolute atomic E-state index is 13.6. The van der Waals surface area contributed by atoms with Crippen molar-refractivity contribution in [3.63, 3.8) is 0 Å². The van der Waals surface area contributed by atoms with Gasteiger partial charge in [-0.3, -0.25) is 4.98 Å². The smallest absolute Gasteiger partial charge is 0.129 e. The number of nitrogens with one attached hydrogen (secondary N) is 1. The molecule has 2 nitrogen and oxygen atoms in total. The average molecular weight is 265 g/mol. The van der Waals surface area contributed by atoms with E-state index in [1.807, 2.05) is 19.1 Å². The quantitative estimate of drug-likeness (QED) is 0.910. The molecular weight excluding hydrogens is 251 g/mol. The maximum atomic E-state index is 13.6. The zero-order chi connectivity index (χ0) is 13.0. The zero-order valence-corrected chi connectivity index (χ0v) is 10.8. The van der Waals surface area contributed by atoms with E-state index in [4.69, 9.17) is 11.6 Å². The lowest BCUT2D eigenvalue weighted by Crippen LogP contribution is -2.19. The monoisotopic (exact) mass is 264 g/mol. The van der Waals surface area contributed by atoms with Gasteiger partial charge in [0.25, 0.3) is 0 Å². The molecule has 0 unspecified atom stereocenters. The molecule has 0 amide bonds. The van der Waals surface area contributed by atoms with Gasteiger partial charge >= 0.3 is 0 Å². The third-order valence-corrected chi connectivity index (χ3v) is 3.19. The lowest BCUT2D eigenvalue weighted by molar-refractivity contribution is 0.543. The molecule has 0 saturated carbocycles. The van der Waals surface area contributed by atoms with Gasteiger partial charge < -0.3 is 5.32 Å². The van der Waals surface area contributed by atoms with Gasteiger partial charge in [-0.1, -0.05) is 23.7 Å². The minimum atomic E-state index is -0.284. The first kappa shape index (κ1) is 13.0. The van der Waals surface area contributed by atoms with E-state index in [1.54, 1.807) is 24.5 Å². The van der Waals surface area contributed by atoms with Crippen molar-refractivity contribution < 1.29 is 4.39 Å². The molecule has 4 heteroatoms. The summed E-state index contributed by atoms with van der Waals surface area (Å²) in [7, 11) is 0. The van der Waals surface area contributed by atoms with E-state index in [1.165, 1.54) is 6.07 Å². The van der Waals surface area contributed by atoms with E-state index in [0.717, 1.165) is 5.56 Å². The molecule has 0 fully saturated rings. The third kappa shape index (κ3) is 3.06. The molecule has 0 radical (unpaired) electrons. The number of hydrogen-bond acceptors (Lipinski definition) is 2. The molecule has 2 aromatic rings. The van der Waals surface area contributed by atoms with Gasteiger partial charge in [0.05, 0.1) is 0 Å². The van der Waals surface area contributed by atoms with Gasteiger partial charge in [0, 0.05) is 35.6 Å². The molecule has 1 atom stereocenters. The Morgan fingerprint density at radius 2 is 2.17 bits per heavy atom. The molecule has 0 aliphatic rings. The van der Waals surface area contributed by atoms with Crippen LogP contribution >= 0.6 is 11.6 Å². The Balaban J connectivity index is 2.04. The summed E-state index contributed by atoms with van der Waals surface area (Å²) in [5, 5.41) is 3.68. The van der Waals surface area contributed by atoms with Crippen LogP contribution in [0.25, 0.3) is 0 Å². The van der Waals surface area contributed by atoms with Crippen LogP contribution in [0.1, 0.15) is 24.1 Å². The van der Waals surface area contributed by atoms with Gasteiger partial charge in [-0.05, 0) is 30.7 Å². The highest BCUT2D eigenvalue weighted by atomic mass is 35.5. The molecule has 94 valence electrons. The van der Waals surface area contributed by atoms with E-state index < -0.39 is 0 Å². The number of aromatic nitrogens is 1. The van der Waals surface area contributed by atoms with Crippen LogP contribution in [0.15, 0.2) is 42.7 Å².